The van der Waals surface area contributed by atoms with Gasteiger partial charge in [0.1, 0.15) is 5.75 Å². The molecule has 0 fully saturated rings. The number of para-hydroxylation sites is 1. The van der Waals surface area contributed by atoms with Gasteiger partial charge in [-0.05, 0) is 35.9 Å². The number of aromatic hydroxyl groups is 2. The first-order valence-electron chi connectivity index (χ1n) is 6.84. The number of methoxy groups -OCH3 is 1. The standard InChI is InChI=1S/C17H14N2O4/c1-22-15-10-11(6-8-14(15)21)7-9-16-18-17(23-19-16)12-4-2-3-5-13(12)20/h2-10,20-21H,1H3. The summed E-state index contributed by atoms with van der Waals surface area (Å²) in [7, 11) is 1.49. The predicted octanol–water partition coefficient (Wildman–Crippen LogP) is 3.33. The Balaban J connectivity index is 1.83. The number of aromatic nitrogens is 2. The highest BCUT2D eigenvalue weighted by Gasteiger charge is 2.10. The van der Waals surface area contributed by atoms with Gasteiger partial charge in [0.05, 0.1) is 12.7 Å². The SMILES string of the molecule is COc1cc(C=Cc2noc(-c3ccccc3O)n2)ccc1O. The summed E-state index contributed by atoms with van der Waals surface area (Å²) in [5.41, 5.74) is 1.29. The van der Waals surface area contributed by atoms with Crippen LogP contribution in [-0.2, 0) is 0 Å². The largest absolute Gasteiger partial charge is 0.507 e. The van der Waals surface area contributed by atoms with Gasteiger partial charge in [0.2, 0.25) is 0 Å². The molecule has 6 heteroatoms. The molecular weight excluding hydrogens is 296 g/mol. The molecule has 3 aromatic rings. The second-order valence-corrected chi connectivity index (χ2v) is 4.74. The van der Waals surface area contributed by atoms with Crippen LogP contribution >= 0.6 is 0 Å². The Morgan fingerprint density at radius 2 is 1.87 bits per heavy atom. The smallest absolute Gasteiger partial charge is 0.261 e. The first kappa shape index (κ1) is 14.6. The minimum atomic E-state index is 0.0750. The minimum Gasteiger partial charge on any atom is -0.507 e. The van der Waals surface area contributed by atoms with Crippen LogP contribution in [0.4, 0.5) is 0 Å². The molecule has 0 saturated heterocycles. The van der Waals surface area contributed by atoms with Crippen LogP contribution < -0.4 is 4.74 Å². The lowest BCUT2D eigenvalue weighted by atomic mass is 10.2. The zero-order chi connectivity index (χ0) is 16.2. The summed E-state index contributed by atoms with van der Waals surface area (Å²) in [6.07, 6.45) is 3.43. The quantitative estimate of drug-likeness (QED) is 0.768. The van der Waals surface area contributed by atoms with E-state index in [0.29, 0.717) is 17.1 Å². The summed E-state index contributed by atoms with van der Waals surface area (Å²) >= 11 is 0. The summed E-state index contributed by atoms with van der Waals surface area (Å²) in [5.74, 6) is 1.15. The number of benzene rings is 2. The zero-order valence-electron chi connectivity index (χ0n) is 12.3. The summed E-state index contributed by atoms with van der Waals surface area (Å²) in [5, 5.41) is 23.2. The van der Waals surface area contributed by atoms with Gasteiger partial charge in [-0.2, -0.15) is 4.98 Å². The summed E-state index contributed by atoms with van der Waals surface area (Å²) in [6.45, 7) is 0. The molecule has 0 aliphatic carbocycles. The Hall–Kier alpha value is -3.28. The second kappa shape index (κ2) is 6.23. The highest BCUT2D eigenvalue weighted by Crippen LogP contribution is 2.28. The number of nitrogens with zero attached hydrogens (tertiary/aromatic N) is 2. The third kappa shape index (κ3) is 3.16. The van der Waals surface area contributed by atoms with Crippen LogP contribution in [0, 0.1) is 0 Å². The molecule has 0 saturated carbocycles. The van der Waals surface area contributed by atoms with Gasteiger partial charge >= 0.3 is 0 Å². The molecule has 0 atom stereocenters. The van der Waals surface area contributed by atoms with E-state index < -0.39 is 0 Å². The lowest BCUT2D eigenvalue weighted by molar-refractivity contribution is 0.373. The van der Waals surface area contributed by atoms with Crippen LogP contribution in [0.15, 0.2) is 47.0 Å². The molecule has 2 N–H and O–H groups in total. The molecule has 0 spiro atoms. The molecule has 0 radical (unpaired) electrons. The van der Waals surface area contributed by atoms with Crippen LogP contribution in [0.25, 0.3) is 23.6 Å². The van der Waals surface area contributed by atoms with Crippen LogP contribution in [0.1, 0.15) is 11.4 Å². The Kier molecular flexibility index (Phi) is 3.97. The molecule has 1 heterocycles. The zero-order valence-corrected chi connectivity index (χ0v) is 12.3. The van der Waals surface area contributed by atoms with Gasteiger partial charge in [0, 0.05) is 0 Å². The van der Waals surface area contributed by atoms with E-state index in [4.69, 9.17) is 9.26 Å². The van der Waals surface area contributed by atoms with Gasteiger partial charge in [-0.3, -0.25) is 0 Å². The lowest BCUT2D eigenvalue weighted by Gasteiger charge is -2.03. The van der Waals surface area contributed by atoms with E-state index >= 15 is 0 Å². The lowest BCUT2D eigenvalue weighted by Crippen LogP contribution is -1.84. The fraction of sp³-hybridized carbons (Fsp3) is 0.0588. The minimum absolute atomic E-state index is 0.0750. The molecule has 0 aliphatic heterocycles. The van der Waals surface area contributed by atoms with Gasteiger partial charge in [0.25, 0.3) is 5.89 Å². The van der Waals surface area contributed by atoms with Crippen molar-refractivity contribution in [2.45, 2.75) is 0 Å². The summed E-state index contributed by atoms with van der Waals surface area (Å²) < 4.78 is 10.2. The highest BCUT2D eigenvalue weighted by atomic mass is 16.5. The molecule has 0 amide bonds. The number of hydrogen-bond acceptors (Lipinski definition) is 6. The molecule has 23 heavy (non-hydrogen) atoms. The van der Waals surface area contributed by atoms with E-state index in [9.17, 15) is 10.2 Å². The summed E-state index contributed by atoms with van der Waals surface area (Å²) in [6, 6.07) is 11.7. The third-order valence-corrected chi connectivity index (χ3v) is 3.20. The maximum absolute atomic E-state index is 9.78. The average molecular weight is 310 g/mol. The van der Waals surface area contributed by atoms with Gasteiger partial charge in [-0.1, -0.05) is 29.4 Å². The van der Waals surface area contributed by atoms with Crippen LogP contribution in [0.2, 0.25) is 0 Å². The van der Waals surface area contributed by atoms with Crippen LogP contribution in [0.3, 0.4) is 0 Å². The monoisotopic (exact) mass is 310 g/mol. The van der Waals surface area contributed by atoms with Gasteiger partial charge < -0.3 is 19.5 Å². The fourth-order valence-corrected chi connectivity index (χ4v) is 2.04. The van der Waals surface area contributed by atoms with Crippen molar-refractivity contribution in [1.29, 1.82) is 0 Å². The van der Waals surface area contributed by atoms with E-state index in [1.807, 2.05) is 0 Å². The number of phenols is 2. The Morgan fingerprint density at radius 1 is 1.04 bits per heavy atom. The van der Waals surface area contributed by atoms with Gasteiger partial charge in [-0.25, -0.2) is 0 Å². The average Bonchev–Trinajstić information content (AvgIpc) is 3.03. The molecule has 2 aromatic carbocycles. The van der Waals surface area contributed by atoms with E-state index in [2.05, 4.69) is 10.1 Å². The molecular formula is C17H14N2O4. The van der Waals surface area contributed by atoms with Crippen LogP contribution in [-0.4, -0.2) is 27.5 Å². The van der Waals surface area contributed by atoms with Crippen molar-refractivity contribution in [3.8, 4) is 28.7 Å². The van der Waals surface area contributed by atoms with Crippen molar-refractivity contribution < 1.29 is 19.5 Å². The van der Waals surface area contributed by atoms with E-state index in [1.165, 1.54) is 7.11 Å². The van der Waals surface area contributed by atoms with Crippen LogP contribution in [0.5, 0.6) is 17.2 Å². The molecule has 116 valence electrons. The second-order valence-electron chi connectivity index (χ2n) is 4.74. The number of hydrogen-bond donors (Lipinski definition) is 2. The normalized spacial score (nSPS) is 11.0. The van der Waals surface area contributed by atoms with Gasteiger partial charge in [-0.15, -0.1) is 0 Å². The topological polar surface area (TPSA) is 88.6 Å². The van der Waals surface area contributed by atoms with Crippen molar-refractivity contribution >= 4 is 12.2 Å². The molecule has 0 unspecified atom stereocenters. The number of rotatable bonds is 4. The predicted molar refractivity (Wildman–Crippen MR) is 85.0 cm³/mol. The van der Waals surface area contributed by atoms with Crippen molar-refractivity contribution in [3.05, 3.63) is 53.9 Å². The van der Waals surface area contributed by atoms with Crippen molar-refractivity contribution in [1.82, 2.24) is 10.1 Å². The molecule has 6 nitrogen and oxygen atoms in total. The van der Waals surface area contributed by atoms with Crippen molar-refractivity contribution in [3.63, 3.8) is 0 Å². The summed E-state index contributed by atoms with van der Waals surface area (Å²) in [4.78, 5) is 4.21. The molecule has 1 aromatic heterocycles. The van der Waals surface area contributed by atoms with Gasteiger partial charge in [0.15, 0.2) is 17.3 Å². The molecule has 0 bridgehead atoms. The Morgan fingerprint density at radius 3 is 2.65 bits per heavy atom. The third-order valence-electron chi connectivity index (χ3n) is 3.20. The Bertz CT molecular complexity index is 855. The van der Waals surface area contributed by atoms with Crippen molar-refractivity contribution in [2.24, 2.45) is 0 Å². The van der Waals surface area contributed by atoms with E-state index in [-0.39, 0.29) is 17.4 Å². The van der Waals surface area contributed by atoms with E-state index in [0.717, 1.165) is 5.56 Å². The van der Waals surface area contributed by atoms with Crippen molar-refractivity contribution in [2.75, 3.05) is 7.11 Å². The molecule has 0 aliphatic rings. The Labute approximate surface area is 132 Å². The maximum Gasteiger partial charge on any atom is 0.261 e. The molecule has 3 rings (SSSR count). The number of phenolic OH excluding ortho intramolecular Hbond substituents is 2. The fourth-order valence-electron chi connectivity index (χ4n) is 2.04. The first-order chi connectivity index (χ1) is 11.2. The van der Waals surface area contributed by atoms with E-state index in [1.54, 1.807) is 54.6 Å². The first-order valence-corrected chi connectivity index (χ1v) is 6.84. The number of ether oxygens (including phenoxy) is 1. The maximum atomic E-state index is 9.78. The highest BCUT2D eigenvalue weighted by molar-refractivity contribution is 5.69.